The van der Waals surface area contributed by atoms with Crippen LogP contribution < -0.4 is 5.32 Å². The number of amides is 1. The summed E-state index contributed by atoms with van der Waals surface area (Å²) in [7, 11) is 1.66. The van der Waals surface area contributed by atoms with Gasteiger partial charge in [-0.3, -0.25) is 9.78 Å². The van der Waals surface area contributed by atoms with Gasteiger partial charge in [0.05, 0.1) is 25.5 Å². The molecule has 146 valence electrons. The fourth-order valence-corrected chi connectivity index (χ4v) is 3.28. The number of fused-ring (bicyclic) bond motifs is 1. The molecule has 3 aromatic rings. The van der Waals surface area contributed by atoms with E-state index in [1.165, 1.54) is 0 Å². The first-order chi connectivity index (χ1) is 13.8. The number of anilines is 1. The highest BCUT2D eigenvalue weighted by Gasteiger charge is 2.19. The fourth-order valence-electron chi connectivity index (χ4n) is 3.28. The van der Waals surface area contributed by atoms with Crippen LogP contribution in [0.3, 0.4) is 0 Å². The van der Waals surface area contributed by atoms with Crippen molar-refractivity contribution in [3.05, 3.63) is 42.2 Å². The zero-order valence-electron chi connectivity index (χ0n) is 15.8. The van der Waals surface area contributed by atoms with Crippen LogP contribution in [0.15, 0.2) is 36.7 Å². The molecule has 0 radical (unpaired) electrons. The monoisotopic (exact) mass is 381 g/mol. The molecule has 4 rings (SSSR count). The quantitative estimate of drug-likeness (QED) is 0.636. The van der Waals surface area contributed by atoms with Crippen molar-refractivity contribution in [3.8, 4) is 11.3 Å². The normalized spacial score (nSPS) is 14.4. The lowest BCUT2D eigenvalue weighted by molar-refractivity contribution is 0.0303. The Morgan fingerprint density at radius 1 is 1.32 bits per heavy atom. The molecule has 0 saturated carbocycles. The number of nitrogens with zero attached hydrogens (tertiary/aromatic N) is 3. The number of aromatic amines is 1. The summed E-state index contributed by atoms with van der Waals surface area (Å²) < 4.78 is 10.4. The van der Waals surface area contributed by atoms with Gasteiger partial charge in [0.2, 0.25) is 0 Å². The van der Waals surface area contributed by atoms with Crippen molar-refractivity contribution < 1.29 is 14.3 Å². The molecule has 28 heavy (non-hydrogen) atoms. The number of hydrogen-bond donors (Lipinski definition) is 2. The van der Waals surface area contributed by atoms with Crippen LogP contribution in [0.25, 0.3) is 22.3 Å². The highest BCUT2D eigenvalue weighted by molar-refractivity contribution is 5.98. The van der Waals surface area contributed by atoms with Crippen molar-refractivity contribution in [3.63, 3.8) is 0 Å². The predicted molar refractivity (Wildman–Crippen MR) is 106 cm³/mol. The van der Waals surface area contributed by atoms with E-state index in [2.05, 4.69) is 20.3 Å². The van der Waals surface area contributed by atoms with Gasteiger partial charge < -0.3 is 24.7 Å². The number of ether oxygens (including phenoxy) is 2. The minimum absolute atomic E-state index is 0.00441. The molecule has 1 saturated heterocycles. The predicted octanol–water partition coefficient (Wildman–Crippen LogP) is 2.16. The van der Waals surface area contributed by atoms with E-state index in [1.54, 1.807) is 19.4 Å². The third-order valence-electron chi connectivity index (χ3n) is 4.72. The smallest absolute Gasteiger partial charge is 0.254 e. The number of rotatable bonds is 6. The standard InChI is InChI=1S/C20H23N5O3/c1-27-9-6-22-18-13-16(15-3-5-23-19(15)24-18)17-12-14(2-4-21-17)20(26)25-7-10-28-11-8-25/h2-5,12-13H,6-11H2,1H3,(H2,22,23,24). The third kappa shape index (κ3) is 3.83. The number of carbonyl (C=O) groups excluding carboxylic acids is 1. The molecular formula is C20H23N5O3. The summed E-state index contributed by atoms with van der Waals surface area (Å²) in [6.07, 6.45) is 3.53. The van der Waals surface area contributed by atoms with Gasteiger partial charge in [-0.2, -0.15) is 0 Å². The topological polar surface area (TPSA) is 92.4 Å². The lowest BCUT2D eigenvalue weighted by Gasteiger charge is -2.26. The number of morpholine rings is 1. The van der Waals surface area contributed by atoms with Crippen molar-refractivity contribution >= 4 is 22.8 Å². The van der Waals surface area contributed by atoms with Crippen molar-refractivity contribution in [2.75, 3.05) is 51.9 Å². The van der Waals surface area contributed by atoms with E-state index >= 15 is 0 Å². The molecule has 0 aromatic carbocycles. The Morgan fingerprint density at radius 2 is 2.18 bits per heavy atom. The Kier molecular flexibility index (Phi) is 5.50. The van der Waals surface area contributed by atoms with Gasteiger partial charge in [0.25, 0.3) is 5.91 Å². The molecule has 3 aromatic heterocycles. The molecule has 0 spiro atoms. The Balaban J connectivity index is 1.67. The van der Waals surface area contributed by atoms with Crippen LogP contribution in [0.1, 0.15) is 10.4 Å². The summed E-state index contributed by atoms with van der Waals surface area (Å²) in [4.78, 5) is 26.9. The molecule has 0 aliphatic carbocycles. The molecule has 1 aliphatic rings. The Hall–Kier alpha value is -2.97. The van der Waals surface area contributed by atoms with Crippen molar-refractivity contribution in [2.24, 2.45) is 0 Å². The van der Waals surface area contributed by atoms with Gasteiger partial charge >= 0.3 is 0 Å². The second-order valence-corrected chi connectivity index (χ2v) is 6.55. The van der Waals surface area contributed by atoms with Gasteiger partial charge in [0.1, 0.15) is 11.5 Å². The summed E-state index contributed by atoms with van der Waals surface area (Å²) in [6, 6.07) is 7.53. The number of methoxy groups -OCH3 is 1. The van der Waals surface area contributed by atoms with E-state index in [9.17, 15) is 4.79 Å². The largest absolute Gasteiger partial charge is 0.383 e. The molecule has 0 bridgehead atoms. The number of pyridine rings is 2. The second-order valence-electron chi connectivity index (χ2n) is 6.55. The maximum Gasteiger partial charge on any atom is 0.254 e. The van der Waals surface area contributed by atoms with E-state index in [0.29, 0.717) is 45.0 Å². The van der Waals surface area contributed by atoms with Crippen LogP contribution in [0, 0.1) is 0 Å². The van der Waals surface area contributed by atoms with E-state index in [1.807, 2.05) is 29.3 Å². The van der Waals surface area contributed by atoms with Gasteiger partial charge in [-0.1, -0.05) is 0 Å². The lowest BCUT2D eigenvalue weighted by atomic mass is 10.1. The molecule has 8 heteroatoms. The SMILES string of the molecule is COCCNc1cc(-c2cc(C(=O)N3CCOCC3)ccn2)c2cc[nH]c2n1. The lowest BCUT2D eigenvalue weighted by Crippen LogP contribution is -2.40. The first-order valence-electron chi connectivity index (χ1n) is 9.30. The van der Waals surface area contributed by atoms with Crippen LogP contribution in [0.2, 0.25) is 0 Å². The van der Waals surface area contributed by atoms with Gasteiger partial charge in [-0.05, 0) is 24.3 Å². The summed E-state index contributed by atoms with van der Waals surface area (Å²) in [5, 5.41) is 4.21. The van der Waals surface area contributed by atoms with Crippen molar-refractivity contribution in [1.29, 1.82) is 0 Å². The summed E-state index contributed by atoms with van der Waals surface area (Å²) in [5.74, 6) is 0.735. The summed E-state index contributed by atoms with van der Waals surface area (Å²) >= 11 is 0. The van der Waals surface area contributed by atoms with Gasteiger partial charge in [0, 0.05) is 55.7 Å². The van der Waals surface area contributed by atoms with Crippen LogP contribution in [0.4, 0.5) is 5.82 Å². The maximum absolute atomic E-state index is 12.8. The molecule has 4 heterocycles. The first kappa shape index (κ1) is 18.4. The summed E-state index contributed by atoms with van der Waals surface area (Å²) in [6.45, 7) is 3.62. The Morgan fingerprint density at radius 3 is 3.00 bits per heavy atom. The maximum atomic E-state index is 12.8. The molecule has 8 nitrogen and oxygen atoms in total. The van der Waals surface area contributed by atoms with Crippen LogP contribution >= 0.6 is 0 Å². The van der Waals surface area contributed by atoms with E-state index < -0.39 is 0 Å². The molecular weight excluding hydrogens is 358 g/mol. The van der Waals surface area contributed by atoms with Crippen LogP contribution in [-0.2, 0) is 9.47 Å². The second kappa shape index (κ2) is 8.37. The highest BCUT2D eigenvalue weighted by Crippen LogP contribution is 2.29. The molecule has 0 atom stereocenters. The average molecular weight is 381 g/mol. The zero-order chi connectivity index (χ0) is 19.3. The average Bonchev–Trinajstić information content (AvgIpc) is 3.22. The number of nitrogens with one attached hydrogen (secondary N) is 2. The minimum atomic E-state index is 0.00441. The van der Waals surface area contributed by atoms with Gasteiger partial charge in [-0.25, -0.2) is 4.98 Å². The van der Waals surface area contributed by atoms with Crippen molar-refractivity contribution in [2.45, 2.75) is 0 Å². The minimum Gasteiger partial charge on any atom is -0.383 e. The van der Waals surface area contributed by atoms with E-state index in [-0.39, 0.29) is 5.91 Å². The molecule has 0 unspecified atom stereocenters. The molecule has 1 aliphatic heterocycles. The molecule has 2 N–H and O–H groups in total. The fraction of sp³-hybridized carbons (Fsp3) is 0.350. The summed E-state index contributed by atoms with van der Waals surface area (Å²) in [5.41, 5.74) is 3.05. The van der Waals surface area contributed by atoms with E-state index in [0.717, 1.165) is 28.1 Å². The number of carbonyl (C=O) groups is 1. The zero-order valence-corrected chi connectivity index (χ0v) is 15.8. The van der Waals surface area contributed by atoms with E-state index in [4.69, 9.17) is 9.47 Å². The third-order valence-corrected chi connectivity index (χ3v) is 4.72. The van der Waals surface area contributed by atoms with Gasteiger partial charge in [-0.15, -0.1) is 0 Å². The Labute approximate surface area is 162 Å². The number of hydrogen-bond acceptors (Lipinski definition) is 6. The van der Waals surface area contributed by atoms with Crippen LogP contribution in [-0.4, -0.2) is 72.3 Å². The number of H-pyrrole nitrogens is 1. The van der Waals surface area contributed by atoms with Crippen LogP contribution in [0.5, 0.6) is 0 Å². The molecule has 1 amide bonds. The number of aromatic nitrogens is 3. The molecule has 1 fully saturated rings. The Bertz CT molecular complexity index is 965. The van der Waals surface area contributed by atoms with Crippen molar-refractivity contribution in [1.82, 2.24) is 19.9 Å². The highest BCUT2D eigenvalue weighted by atomic mass is 16.5. The first-order valence-corrected chi connectivity index (χ1v) is 9.30. The van der Waals surface area contributed by atoms with Gasteiger partial charge in [0.15, 0.2) is 0 Å².